The van der Waals surface area contributed by atoms with Crippen LogP contribution in [0.25, 0.3) is 0 Å². The van der Waals surface area contributed by atoms with Crippen molar-refractivity contribution in [3.05, 3.63) is 28.8 Å². The van der Waals surface area contributed by atoms with Crippen LogP contribution in [0.2, 0.25) is 0 Å². The van der Waals surface area contributed by atoms with Gasteiger partial charge in [-0.1, -0.05) is 12.1 Å². The molecule has 0 unspecified atom stereocenters. The van der Waals surface area contributed by atoms with E-state index in [9.17, 15) is 4.79 Å². The maximum Gasteiger partial charge on any atom is 0.320 e. The first-order chi connectivity index (χ1) is 11.0. The van der Waals surface area contributed by atoms with Gasteiger partial charge in [0.1, 0.15) is 5.75 Å². The van der Waals surface area contributed by atoms with E-state index in [2.05, 4.69) is 16.3 Å². The highest BCUT2D eigenvalue weighted by Gasteiger charge is 2.20. The highest BCUT2D eigenvalue weighted by atomic mass is 16.5. The molecule has 0 aliphatic carbocycles. The molecule has 1 fully saturated rings. The number of hydrogen-bond acceptors (Lipinski definition) is 4. The number of amides is 2. The number of urea groups is 1. The van der Waals surface area contributed by atoms with Crippen molar-refractivity contribution >= 4 is 6.03 Å². The molecule has 1 aliphatic heterocycles. The summed E-state index contributed by atoms with van der Waals surface area (Å²) in [6.45, 7) is 10.0. The van der Waals surface area contributed by atoms with E-state index in [-0.39, 0.29) is 19.4 Å². The molecule has 0 saturated carbocycles. The number of nitrogens with one attached hydrogen (secondary N) is 1. The number of rotatable bonds is 5. The van der Waals surface area contributed by atoms with Gasteiger partial charge in [0.2, 0.25) is 0 Å². The Bertz CT molecular complexity index is 540. The molecule has 0 atom stereocenters. The Labute approximate surface area is 138 Å². The van der Waals surface area contributed by atoms with Crippen molar-refractivity contribution in [2.24, 2.45) is 0 Å². The fourth-order valence-electron chi connectivity index (χ4n) is 2.75. The van der Waals surface area contributed by atoms with Crippen LogP contribution in [0.15, 0.2) is 12.1 Å². The third kappa shape index (κ3) is 4.59. The average Bonchev–Trinajstić information content (AvgIpc) is 2.55. The summed E-state index contributed by atoms with van der Waals surface area (Å²) < 4.78 is 5.77. The number of aliphatic hydroxyl groups is 1. The highest BCUT2D eigenvalue weighted by molar-refractivity contribution is 5.74. The Morgan fingerprint density at radius 2 is 1.83 bits per heavy atom. The lowest BCUT2D eigenvalue weighted by Crippen LogP contribution is -2.52. The van der Waals surface area contributed by atoms with Crippen molar-refractivity contribution < 1.29 is 14.6 Å². The molecule has 0 spiro atoms. The first-order valence-electron chi connectivity index (χ1n) is 8.08. The van der Waals surface area contributed by atoms with E-state index in [4.69, 9.17) is 9.84 Å². The molecular formula is C17H27N3O3. The van der Waals surface area contributed by atoms with Crippen LogP contribution in [-0.2, 0) is 0 Å². The Morgan fingerprint density at radius 3 is 2.48 bits per heavy atom. The molecule has 6 nitrogen and oxygen atoms in total. The van der Waals surface area contributed by atoms with Crippen LogP contribution in [0.5, 0.6) is 5.75 Å². The van der Waals surface area contributed by atoms with E-state index in [0.717, 1.165) is 30.0 Å². The fourth-order valence-corrected chi connectivity index (χ4v) is 2.75. The summed E-state index contributed by atoms with van der Waals surface area (Å²) in [7, 11) is 0. The molecule has 128 valence electrons. The number of ether oxygens (including phenoxy) is 1. The second-order valence-corrected chi connectivity index (χ2v) is 5.98. The summed E-state index contributed by atoms with van der Waals surface area (Å²) in [6.07, 6.45) is 0. The number of piperazine rings is 1. The lowest BCUT2D eigenvalue weighted by molar-refractivity contribution is 0.118. The van der Waals surface area contributed by atoms with Crippen LogP contribution in [0, 0.1) is 20.8 Å². The molecule has 6 heteroatoms. The molecule has 0 bridgehead atoms. The Balaban J connectivity index is 1.79. The first kappa shape index (κ1) is 17.6. The van der Waals surface area contributed by atoms with Crippen LogP contribution < -0.4 is 10.1 Å². The number of β-amino-alcohol motifs (C(OH)–C–C–N with tert-alkyl or cyclic N) is 1. The normalized spacial score (nSPS) is 15.6. The maximum atomic E-state index is 12.2. The molecule has 2 amide bonds. The zero-order chi connectivity index (χ0) is 16.8. The number of nitrogens with zero attached hydrogens (tertiary/aromatic N) is 2. The minimum Gasteiger partial charge on any atom is -0.473 e. The number of hydrogen-bond donors (Lipinski definition) is 2. The molecule has 0 aromatic heterocycles. The zero-order valence-electron chi connectivity index (χ0n) is 14.3. The summed E-state index contributed by atoms with van der Waals surface area (Å²) in [6, 6.07) is 4.00. The number of aryl methyl sites for hydroxylation is 2. The van der Waals surface area contributed by atoms with Crippen molar-refractivity contribution in [2.45, 2.75) is 20.8 Å². The Morgan fingerprint density at radius 1 is 1.17 bits per heavy atom. The van der Waals surface area contributed by atoms with Gasteiger partial charge >= 0.3 is 6.03 Å². The van der Waals surface area contributed by atoms with Gasteiger partial charge in [-0.25, -0.2) is 4.79 Å². The van der Waals surface area contributed by atoms with Crippen molar-refractivity contribution in [3.63, 3.8) is 0 Å². The van der Waals surface area contributed by atoms with E-state index in [1.54, 1.807) is 4.90 Å². The second kappa shape index (κ2) is 8.17. The lowest BCUT2D eigenvalue weighted by atomic mass is 10.1. The Kier molecular flexibility index (Phi) is 6.24. The molecule has 1 aromatic carbocycles. The summed E-state index contributed by atoms with van der Waals surface area (Å²) >= 11 is 0. The van der Waals surface area contributed by atoms with Crippen molar-refractivity contribution in [1.29, 1.82) is 0 Å². The predicted molar refractivity (Wildman–Crippen MR) is 89.8 cm³/mol. The standard InChI is InChI=1S/C17H27N3O3/c1-13-4-5-14(2)16(15(13)3)23-12-18-17(22)20-8-6-19(7-9-20)10-11-21/h4-5,21H,6-12H2,1-3H3,(H,18,22). The first-order valence-corrected chi connectivity index (χ1v) is 8.08. The van der Waals surface area contributed by atoms with Crippen molar-refractivity contribution in [1.82, 2.24) is 15.1 Å². The van der Waals surface area contributed by atoms with Gasteiger partial charge in [-0.2, -0.15) is 0 Å². The number of carbonyl (C=O) groups is 1. The monoisotopic (exact) mass is 321 g/mol. The van der Waals surface area contributed by atoms with Gasteiger partial charge in [0.15, 0.2) is 6.73 Å². The third-order valence-corrected chi connectivity index (χ3v) is 4.39. The van der Waals surface area contributed by atoms with Crippen molar-refractivity contribution in [2.75, 3.05) is 46.1 Å². The Hall–Kier alpha value is -1.79. The quantitative estimate of drug-likeness (QED) is 0.802. The summed E-state index contributed by atoms with van der Waals surface area (Å²) in [5.74, 6) is 0.845. The van der Waals surface area contributed by atoms with Gasteiger partial charge < -0.3 is 20.1 Å². The zero-order valence-corrected chi connectivity index (χ0v) is 14.3. The molecule has 0 radical (unpaired) electrons. The summed E-state index contributed by atoms with van der Waals surface area (Å²) in [4.78, 5) is 16.1. The van der Waals surface area contributed by atoms with E-state index in [1.807, 2.05) is 26.8 Å². The van der Waals surface area contributed by atoms with E-state index in [1.165, 1.54) is 5.56 Å². The smallest absolute Gasteiger partial charge is 0.320 e. The van der Waals surface area contributed by atoms with Gasteiger partial charge in [0.25, 0.3) is 0 Å². The maximum absolute atomic E-state index is 12.2. The van der Waals surface area contributed by atoms with Crippen LogP contribution in [-0.4, -0.2) is 67.0 Å². The van der Waals surface area contributed by atoms with Crippen LogP contribution in [0.3, 0.4) is 0 Å². The van der Waals surface area contributed by atoms with Crippen LogP contribution >= 0.6 is 0 Å². The van der Waals surface area contributed by atoms with Gasteiger partial charge in [-0.15, -0.1) is 0 Å². The summed E-state index contributed by atoms with van der Waals surface area (Å²) in [5.41, 5.74) is 3.36. The number of carbonyl (C=O) groups excluding carboxylic acids is 1. The van der Waals surface area contributed by atoms with Gasteiger partial charge in [0, 0.05) is 32.7 Å². The molecule has 1 heterocycles. The fraction of sp³-hybridized carbons (Fsp3) is 0.588. The molecule has 1 saturated heterocycles. The molecule has 23 heavy (non-hydrogen) atoms. The average molecular weight is 321 g/mol. The molecule has 2 N–H and O–H groups in total. The van der Waals surface area contributed by atoms with Crippen molar-refractivity contribution in [3.8, 4) is 5.75 Å². The molecular weight excluding hydrogens is 294 g/mol. The lowest BCUT2D eigenvalue weighted by Gasteiger charge is -2.34. The minimum atomic E-state index is -0.100. The second-order valence-electron chi connectivity index (χ2n) is 5.98. The highest BCUT2D eigenvalue weighted by Crippen LogP contribution is 2.25. The van der Waals surface area contributed by atoms with Gasteiger partial charge in [0.05, 0.1) is 6.61 Å². The van der Waals surface area contributed by atoms with E-state index in [0.29, 0.717) is 19.6 Å². The largest absolute Gasteiger partial charge is 0.473 e. The van der Waals surface area contributed by atoms with Crippen LogP contribution in [0.1, 0.15) is 16.7 Å². The van der Waals surface area contributed by atoms with Crippen LogP contribution in [0.4, 0.5) is 4.79 Å². The van der Waals surface area contributed by atoms with E-state index < -0.39 is 0 Å². The number of aliphatic hydroxyl groups excluding tert-OH is 1. The van der Waals surface area contributed by atoms with Gasteiger partial charge in [-0.3, -0.25) is 4.90 Å². The molecule has 1 aromatic rings. The minimum absolute atomic E-state index is 0.100. The SMILES string of the molecule is Cc1ccc(C)c(OCNC(=O)N2CCN(CCO)CC2)c1C. The van der Waals surface area contributed by atoms with E-state index >= 15 is 0 Å². The molecule has 1 aliphatic rings. The summed E-state index contributed by atoms with van der Waals surface area (Å²) in [5, 5.41) is 11.7. The third-order valence-electron chi connectivity index (χ3n) is 4.39. The van der Waals surface area contributed by atoms with Gasteiger partial charge in [-0.05, 0) is 37.5 Å². The topological polar surface area (TPSA) is 65.0 Å². The predicted octanol–water partition coefficient (Wildman–Crippen LogP) is 1.27. The number of benzene rings is 1. The molecule has 2 rings (SSSR count).